The van der Waals surface area contributed by atoms with Gasteiger partial charge in [-0.3, -0.25) is 9.59 Å². The molecule has 2 amide bonds. The molecule has 1 atom stereocenters. The second kappa shape index (κ2) is 7.67. The Morgan fingerprint density at radius 1 is 1.41 bits per heavy atom. The summed E-state index contributed by atoms with van der Waals surface area (Å²) in [5, 5.41) is 4.96. The van der Waals surface area contributed by atoms with Crippen LogP contribution in [0.25, 0.3) is 0 Å². The predicted octanol–water partition coefficient (Wildman–Crippen LogP) is -0.442. The second-order valence-electron chi connectivity index (χ2n) is 3.64. The fourth-order valence-electron chi connectivity index (χ4n) is 1.48. The molecule has 6 nitrogen and oxygen atoms in total. The van der Waals surface area contributed by atoms with E-state index in [2.05, 4.69) is 17.2 Å². The van der Waals surface area contributed by atoms with Gasteiger partial charge in [-0.25, -0.2) is 0 Å². The number of hydrogen-bond acceptors (Lipinski definition) is 4. The van der Waals surface area contributed by atoms with Gasteiger partial charge in [-0.2, -0.15) is 0 Å². The molecule has 0 saturated carbocycles. The lowest BCUT2D eigenvalue weighted by Crippen LogP contribution is -2.43. The number of nitrogens with one attached hydrogen (secondary N) is 2. The zero-order valence-electron chi connectivity index (χ0n) is 9.74. The van der Waals surface area contributed by atoms with Gasteiger partial charge < -0.3 is 20.1 Å². The van der Waals surface area contributed by atoms with Crippen LogP contribution < -0.4 is 10.6 Å². The first-order valence-electron chi connectivity index (χ1n) is 5.64. The van der Waals surface area contributed by atoms with Crippen molar-refractivity contribution in [3.05, 3.63) is 12.8 Å². The van der Waals surface area contributed by atoms with Gasteiger partial charge in [-0.05, 0) is 12.8 Å². The fraction of sp³-hybridized carbons (Fsp3) is 0.636. The summed E-state index contributed by atoms with van der Waals surface area (Å²) in [5.41, 5.74) is 0. The zero-order valence-corrected chi connectivity index (χ0v) is 9.74. The van der Waals surface area contributed by atoms with E-state index in [0.29, 0.717) is 13.2 Å². The van der Waals surface area contributed by atoms with Crippen molar-refractivity contribution in [3.63, 3.8) is 0 Å². The molecule has 0 unspecified atom stereocenters. The average molecular weight is 242 g/mol. The molecule has 1 aliphatic rings. The SMILES string of the molecule is C=COCCNC(=O)C(=O)NC[C@H]1CCCO1. The van der Waals surface area contributed by atoms with Crippen LogP contribution in [0.1, 0.15) is 12.8 Å². The van der Waals surface area contributed by atoms with Crippen LogP contribution >= 0.6 is 0 Å². The van der Waals surface area contributed by atoms with Gasteiger partial charge in [0.1, 0.15) is 6.61 Å². The van der Waals surface area contributed by atoms with Gasteiger partial charge in [0.15, 0.2) is 0 Å². The van der Waals surface area contributed by atoms with Crippen molar-refractivity contribution in [2.75, 3.05) is 26.3 Å². The molecule has 0 aromatic carbocycles. The number of ether oxygens (including phenoxy) is 2. The van der Waals surface area contributed by atoms with E-state index in [-0.39, 0.29) is 12.6 Å². The van der Waals surface area contributed by atoms with E-state index in [1.807, 2.05) is 0 Å². The molecule has 0 bridgehead atoms. The Labute approximate surface area is 100 Å². The normalized spacial score (nSPS) is 18.5. The van der Waals surface area contributed by atoms with Crippen molar-refractivity contribution in [3.8, 4) is 0 Å². The van der Waals surface area contributed by atoms with E-state index in [9.17, 15) is 9.59 Å². The van der Waals surface area contributed by atoms with Crippen LogP contribution in [0.3, 0.4) is 0 Å². The molecule has 2 N–H and O–H groups in total. The summed E-state index contributed by atoms with van der Waals surface area (Å²) in [5.74, 6) is -1.30. The molecule has 0 aliphatic carbocycles. The summed E-state index contributed by atoms with van der Waals surface area (Å²) in [6, 6.07) is 0. The Hall–Kier alpha value is -1.56. The van der Waals surface area contributed by atoms with Gasteiger partial charge in [-0.15, -0.1) is 0 Å². The van der Waals surface area contributed by atoms with Gasteiger partial charge >= 0.3 is 11.8 Å². The highest BCUT2D eigenvalue weighted by Crippen LogP contribution is 2.10. The first-order valence-corrected chi connectivity index (χ1v) is 5.64. The molecule has 6 heteroatoms. The van der Waals surface area contributed by atoms with Gasteiger partial charge in [0, 0.05) is 13.2 Å². The van der Waals surface area contributed by atoms with E-state index in [4.69, 9.17) is 9.47 Å². The quantitative estimate of drug-likeness (QED) is 0.376. The Morgan fingerprint density at radius 2 is 2.18 bits per heavy atom. The highest BCUT2D eigenvalue weighted by atomic mass is 16.5. The Kier molecular flexibility index (Phi) is 6.09. The molecule has 1 rings (SSSR count). The molecule has 1 saturated heterocycles. The van der Waals surface area contributed by atoms with Crippen molar-refractivity contribution < 1.29 is 19.1 Å². The molecular weight excluding hydrogens is 224 g/mol. The standard InChI is InChI=1S/C11H18N2O4/c1-2-16-7-5-12-10(14)11(15)13-8-9-4-3-6-17-9/h2,9H,1,3-8H2,(H,12,14)(H,13,15)/t9-/m1/s1. The summed E-state index contributed by atoms with van der Waals surface area (Å²) < 4.78 is 10.1. The molecular formula is C11H18N2O4. The van der Waals surface area contributed by atoms with Crippen LogP contribution in [0.5, 0.6) is 0 Å². The Morgan fingerprint density at radius 3 is 2.82 bits per heavy atom. The van der Waals surface area contributed by atoms with E-state index >= 15 is 0 Å². The number of hydrogen-bond donors (Lipinski definition) is 2. The number of amides is 2. The lowest BCUT2D eigenvalue weighted by Gasteiger charge is -2.10. The minimum Gasteiger partial charge on any atom is -0.500 e. The topological polar surface area (TPSA) is 76.7 Å². The highest BCUT2D eigenvalue weighted by molar-refractivity contribution is 6.35. The summed E-state index contributed by atoms with van der Waals surface area (Å²) in [6.45, 7) is 5.05. The Balaban J connectivity index is 2.08. The second-order valence-corrected chi connectivity index (χ2v) is 3.64. The molecule has 17 heavy (non-hydrogen) atoms. The van der Waals surface area contributed by atoms with Crippen LogP contribution in [-0.4, -0.2) is 44.2 Å². The largest absolute Gasteiger partial charge is 0.500 e. The minimum atomic E-state index is -0.657. The maximum absolute atomic E-state index is 11.3. The van der Waals surface area contributed by atoms with Crippen molar-refractivity contribution >= 4 is 11.8 Å². The third kappa shape index (κ3) is 5.35. The monoisotopic (exact) mass is 242 g/mol. The lowest BCUT2D eigenvalue weighted by atomic mass is 10.2. The molecule has 1 aliphatic heterocycles. The van der Waals surface area contributed by atoms with E-state index in [1.165, 1.54) is 6.26 Å². The Bertz CT molecular complexity index is 275. The predicted molar refractivity (Wildman–Crippen MR) is 61.1 cm³/mol. The maximum atomic E-state index is 11.3. The van der Waals surface area contributed by atoms with Crippen molar-refractivity contribution in [1.82, 2.24) is 10.6 Å². The molecule has 1 heterocycles. The number of carbonyl (C=O) groups excluding carboxylic acids is 2. The fourth-order valence-corrected chi connectivity index (χ4v) is 1.48. The van der Waals surface area contributed by atoms with E-state index < -0.39 is 11.8 Å². The van der Waals surface area contributed by atoms with Gasteiger partial charge in [0.2, 0.25) is 0 Å². The highest BCUT2D eigenvalue weighted by Gasteiger charge is 2.18. The van der Waals surface area contributed by atoms with Gasteiger partial charge in [-0.1, -0.05) is 6.58 Å². The smallest absolute Gasteiger partial charge is 0.309 e. The molecule has 0 aromatic heterocycles. The van der Waals surface area contributed by atoms with Crippen LogP contribution in [0.4, 0.5) is 0 Å². The van der Waals surface area contributed by atoms with Crippen LogP contribution in [0.15, 0.2) is 12.8 Å². The molecule has 1 fully saturated rings. The van der Waals surface area contributed by atoms with Crippen molar-refractivity contribution in [1.29, 1.82) is 0 Å². The molecule has 0 spiro atoms. The maximum Gasteiger partial charge on any atom is 0.309 e. The number of carbonyl (C=O) groups is 2. The third-order valence-electron chi connectivity index (χ3n) is 2.34. The number of rotatable bonds is 6. The first-order chi connectivity index (χ1) is 8.24. The summed E-state index contributed by atoms with van der Waals surface area (Å²) in [4.78, 5) is 22.6. The molecule has 0 aromatic rings. The average Bonchev–Trinajstić information content (AvgIpc) is 2.84. The zero-order chi connectivity index (χ0) is 12.5. The van der Waals surface area contributed by atoms with E-state index in [0.717, 1.165) is 19.4 Å². The third-order valence-corrected chi connectivity index (χ3v) is 2.34. The lowest BCUT2D eigenvalue weighted by molar-refractivity contribution is -0.139. The van der Waals surface area contributed by atoms with Crippen molar-refractivity contribution in [2.45, 2.75) is 18.9 Å². The molecule has 96 valence electrons. The first kappa shape index (κ1) is 13.5. The summed E-state index contributed by atoms with van der Waals surface area (Å²) in [7, 11) is 0. The van der Waals surface area contributed by atoms with Crippen molar-refractivity contribution in [2.24, 2.45) is 0 Å². The van der Waals surface area contributed by atoms with Crippen LogP contribution in [0.2, 0.25) is 0 Å². The van der Waals surface area contributed by atoms with Crippen LogP contribution in [0, 0.1) is 0 Å². The van der Waals surface area contributed by atoms with E-state index in [1.54, 1.807) is 0 Å². The van der Waals surface area contributed by atoms with Gasteiger partial charge in [0.25, 0.3) is 0 Å². The van der Waals surface area contributed by atoms with Gasteiger partial charge in [0.05, 0.1) is 18.9 Å². The molecule has 0 radical (unpaired) electrons. The summed E-state index contributed by atoms with van der Waals surface area (Å²) >= 11 is 0. The minimum absolute atomic E-state index is 0.0378. The summed E-state index contributed by atoms with van der Waals surface area (Å²) in [6.07, 6.45) is 3.25. The van der Waals surface area contributed by atoms with Crippen LogP contribution in [-0.2, 0) is 19.1 Å².